The van der Waals surface area contributed by atoms with Crippen molar-refractivity contribution >= 4 is 11.5 Å². The number of nitriles is 1. The molecule has 2 aromatic rings. The highest BCUT2D eigenvalue weighted by atomic mass is 16.1. The number of amides is 1. The second kappa shape index (κ2) is 9.19. The second-order valence-corrected chi connectivity index (χ2v) is 7.03. The molecule has 0 saturated carbocycles. The Labute approximate surface area is 162 Å². The van der Waals surface area contributed by atoms with Gasteiger partial charge in [-0.15, -0.1) is 0 Å². The Balaban J connectivity index is 2.51. The summed E-state index contributed by atoms with van der Waals surface area (Å²) in [5.41, 5.74) is 7.54. The van der Waals surface area contributed by atoms with Gasteiger partial charge in [-0.25, -0.2) is 0 Å². The lowest BCUT2D eigenvalue weighted by Gasteiger charge is -2.16. The van der Waals surface area contributed by atoms with Crippen LogP contribution in [0.1, 0.15) is 55.9 Å². The van der Waals surface area contributed by atoms with Crippen molar-refractivity contribution in [3.8, 4) is 17.2 Å². The van der Waals surface area contributed by atoms with Crippen molar-refractivity contribution in [2.75, 3.05) is 6.54 Å². The molecular weight excluding hydrogens is 332 g/mol. The van der Waals surface area contributed by atoms with Crippen molar-refractivity contribution in [1.82, 2.24) is 5.32 Å². The Bertz CT molecular complexity index is 899. The predicted molar refractivity (Wildman–Crippen MR) is 112 cm³/mol. The van der Waals surface area contributed by atoms with E-state index in [0.717, 1.165) is 40.7 Å². The number of carbonyl (C=O) groups is 1. The fraction of sp³-hybridized carbons (Fsp3) is 0.333. The molecule has 27 heavy (non-hydrogen) atoms. The van der Waals surface area contributed by atoms with Crippen LogP contribution in [0.4, 0.5) is 0 Å². The Morgan fingerprint density at radius 1 is 1.11 bits per heavy atom. The van der Waals surface area contributed by atoms with E-state index in [-0.39, 0.29) is 5.91 Å². The fourth-order valence-corrected chi connectivity index (χ4v) is 3.08. The lowest BCUT2D eigenvalue weighted by molar-refractivity contribution is -0.117. The lowest BCUT2D eigenvalue weighted by atomic mass is 9.89. The summed E-state index contributed by atoms with van der Waals surface area (Å²) in [5, 5.41) is 12.5. The third-order valence-electron chi connectivity index (χ3n) is 5.02. The van der Waals surface area contributed by atoms with Gasteiger partial charge in [0.05, 0.1) is 11.6 Å². The highest BCUT2D eigenvalue weighted by Gasteiger charge is 2.15. The Morgan fingerprint density at radius 2 is 1.78 bits per heavy atom. The normalized spacial score (nSPS) is 11.6. The van der Waals surface area contributed by atoms with Crippen LogP contribution in [0.3, 0.4) is 0 Å². The van der Waals surface area contributed by atoms with Gasteiger partial charge < -0.3 is 5.32 Å². The largest absolute Gasteiger partial charge is 0.352 e. The van der Waals surface area contributed by atoms with Gasteiger partial charge in [0.2, 0.25) is 5.91 Å². The standard InChI is InChI=1S/C24H28N2O/c1-6-7-12-26-24(27)18(4)17(3)22-13-20(15-25)14-23(19(22)5)21-10-8-16(2)9-11-21/h8-11,13-14H,6-7,12H2,1-5H3,(H,26,27)/b18-17+. The van der Waals surface area contributed by atoms with Gasteiger partial charge in [-0.3, -0.25) is 4.79 Å². The van der Waals surface area contributed by atoms with E-state index in [4.69, 9.17) is 0 Å². The number of rotatable bonds is 6. The summed E-state index contributed by atoms with van der Waals surface area (Å²) in [5.74, 6) is -0.0420. The van der Waals surface area contributed by atoms with E-state index >= 15 is 0 Å². The summed E-state index contributed by atoms with van der Waals surface area (Å²) < 4.78 is 0. The number of nitrogens with one attached hydrogen (secondary N) is 1. The van der Waals surface area contributed by atoms with Crippen LogP contribution in [0.5, 0.6) is 0 Å². The van der Waals surface area contributed by atoms with Crippen molar-refractivity contribution in [3.63, 3.8) is 0 Å². The molecule has 0 aromatic heterocycles. The van der Waals surface area contributed by atoms with Gasteiger partial charge in [0.25, 0.3) is 0 Å². The molecular formula is C24H28N2O. The third kappa shape index (κ3) is 4.86. The maximum absolute atomic E-state index is 12.5. The van der Waals surface area contributed by atoms with Crippen molar-refractivity contribution < 1.29 is 4.79 Å². The first kappa shape index (κ1) is 20.5. The molecule has 0 aliphatic rings. The maximum Gasteiger partial charge on any atom is 0.247 e. The van der Waals surface area contributed by atoms with Crippen molar-refractivity contribution in [1.29, 1.82) is 5.26 Å². The Morgan fingerprint density at radius 3 is 2.37 bits per heavy atom. The first-order valence-electron chi connectivity index (χ1n) is 9.46. The number of carbonyl (C=O) groups excluding carboxylic acids is 1. The molecule has 0 spiro atoms. The summed E-state index contributed by atoms with van der Waals surface area (Å²) >= 11 is 0. The van der Waals surface area contributed by atoms with E-state index in [1.807, 2.05) is 26.0 Å². The van der Waals surface area contributed by atoms with E-state index in [1.165, 1.54) is 5.56 Å². The molecule has 2 aromatic carbocycles. The van der Waals surface area contributed by atoms with Crippen LogP contribution < -0.4 is 5.32 Å². The summed E-state index contributed by atoms with van der Waals surface area (Å²) in [4.78, 5) is 12.5. The Hall–Kier alpha value is -2.86. The summed E-state index contributed by atoms with van der Waals surface area (Å²) in [6, 6.07) is 14.4. The highest BCUT2D eigenvalue weighted by Crippen LogP contribution is 2.32. The molecule has 0 aliphatic carbocycles. The minimum Gasteiger partial charge on any atom is -0.352 e. The molecule has 0 heterocycles. The molecule has 0 aliphatic heterocycles. The average Bonchev–Trinajstić information content (AvgIpc) is 2.68. The SMILES string of the molecule is CCCCNC(=O)/C(C)=C(\C)c1cc(C#N)cc(-c2ccc(C)cc2)c1C. The zero-order valence-corrected chi connectivity index (χ0v) is 16.9. The number of hydrogen-bond acceptors (Lipinski definition) is 2. The molecule has 0 atom stereocenters. The van der Waals surface area contributed by atoms with Gasteiger partial charge in [0.15, 0.2) is 0 Å². The van der Waals surface area contributed by atoms with Crippen LogP contribution in [-0.2, 0) is 4.79 Å². The third-order valence-corrected chi connectivity index (χ3v) is 5.02. The monoisotopic (exact) mass is 360 g/mol. The van der Waals surface area contributed by atoms with Crippen LogP contribution in [0.25, 0.3) is 16.7 Å². The van der Waals surface area contributed by atoms with Gasteiger partial charge in [-0.1, -0.05) is 43.2 Å². The molecule has 0 radical (unpaired) electrons. The van der Waals surface area contributed by atoms with E-state index in [2.05, 4.69) is 56.4 Å². The minimum atomic E-state index is -0.0420. The van der Waals surface area contributed by atoms with Gasteiger partial charge in [0, 0.05) is 12.1 Å². The van der Waals surface area contributed by atoms with Crippen molar-refractivity contribution in [2.45, 2.75) is 47.5 Å². The van der Waals surface area contributed by atoms with Crippen LogP contribution in [0.15, 0.2) is 42.0 Å². The number of benzene rings is 2. The molecule has 0 unspecified atom stereocenters. The zero-order valence-electron chi connectivity index (χ0n) is 16.9. The predicted octanol–water partition coefficient (Wildman–Crippen LogP) is 5.55. The topological polar surface area (TPSA) is 52.9 Å². The molecule has 140 valence electrons. The summed E-state index contributed by atoms with van der Waals surface area (Å²) in [7, 11) is 0. The lowest BCUT2D eigenvalue weighted by Crippen LogP contribution is -2.25. The van der Waals surface area contributed by atoms with E-state index in [9.17, 15) is 10.1 Å². The quantitative estimate of drug-likeness (QED) is 0.542. The molecule has 0 bridgehead atoms. The highest BCUT2D eigenvalue weighted by molar-refractivity contribution is 6.01. The number of unbranched alkanes of at least 4 members (excludes halogenated alkanes) is 1. The molecule has 0 fully saturated rings. The second-order valence-electron chi connectivity index (χ2n) is 7.03. The van der Waals surface area contributed by atoms with Gasteiger partial charge in [0.1, 0.15) is 0 Å². The van der Waals surface area contributed by atoms with E-state index in [0.29, 0.717) is 17.7 Å². The molecule has 1 N–H and O–H groups in total. The van der Waals surface area contributed by atoms with Crippen molar-refractivity contribution in [3.05, 3.63) is 64.2 Å². The first-order chi connectivity index (χ1) is 12.9. The van der Waals surface area contributed by atoms with Gasteiger partial charge in [-0.05, 0) is 74.1 Å². The van der Waals surface area contributed by atoms with Crippen LogP contribution in [0.2, 0.25) is 0 Å². The number of hydrogen-bond donors (Lipinski definition) is 1. The molecule has 3 nitrogen and oxygen atoms in total. The molecule has 2 rings (SSSR count). The number of aryl methyl sites for hydroxylation is 1. The number of allylic oxidation sites excluding steroid dienone is 1. The average molecular weight is 361 g/mol. The molecule has 0 saturated heterocycles. The van der Waals surface area contributed by atoms with Gasteiger partial charge >= 0.3 is 0 Å². The fourth-order valence-electron chi connectivity index (χ4n) is 3.08. The minimum absolute atomic E-state index is 0.0420. The van der Waals surface area contributed by atoms with Crippen molar-refractivity contribution in [2.24, 2.45) is 0 Å². The zero-order chi connectivity index (χ0) is 20.0. The van der Waals surface area contributed by atoms with E-state index < -0.39 is 0 Å². The van der Waals surface area contributed by atoms with Crippen LogP contribution in [-0.4, -0.2) is 12.5 Å². The molecule has 3 heteroatoms. The van der Waals surface area contributed by atoms with Crippen LogP contribution >= 0.6 is 0 Å². The molecule has 1 amide bonds. The number of nitrogens with zero attached hydrogens (tertiary/aromatic N) is 1. The van der Waals surface area contributed by atoms with E-state index in [1.54, 1.807) is 0 Å². The smallest absolute Gasteiger partial charge is 0.247 e. The first-order valence-corrected chi connectivity index (χ1v) is 9.46. The Kier molecular flexibility index (Phi) is 6.96. The van der Waals surface area contributed by atoms with Gasteiger partial charge in [-0.2, -0.15) is 5.26 Å². The summed E-state index contributed by atoms with van der Waals surface area (Å²) in [6.45, 7) is 10.7. The summed E-state index contributed by atoms with van der Waals surface area (Å²) in [6.07, 6.45) is 2.02. The van der Waals surface area contributed by atoms with Crippen LogP contribution in [0, 0.1) is 25.2 Å². The maximum atomic E-state index is 12.5.